The number of carbonyl (C=O) groups excluding carboxylic acids is 1. The maximum Gasteiger partial charge on any atom is 0.251 e. The van der Waals surface area contributed by atoms with Crippen LogP contribution in [-0.2, 0) is 16.1 Å². The summed E-state index contributed by atoms with van der Waals surface area (Å²) in [5, 5.41) is 0. The lowest BCUT2D eigenvalue weighted by atomic mass is 9.98. The quantitative estimate of drug-likeness (QED) is 0.813. The van der Waals surface area contributed by atoms with Gasteiger partial charge in [-0.2, -0.15) is 0 Å². The minimum atomic E-state index is -0.123. The Morgan fingerprint density at radius 3 is 2.96 bits per heavy atom. The zero-order valence-corrected chi connectivity index (χ0v) is 13.9. The number of hydrogen-bond donors (Lipinski definition) is 0. The maximum atomic E-state index is 12.7. The van der Waals surface area contributed by atoms with Gasteiger partial charge < -0.3 is 19.1 Å². The third-order valence-corrected chi connectivity index (χ3v) is 4.89. The number of ether oxygens (including phenoxy) is 1. The van der Waals surface area contributed by atoms with E-state index in [4.69, 9.17) is 4.74 Å². The highest BCUT2D eigenvalue weighted by Crippen LogP contribution is 2.23. The predicted octanol–water partition coefficient (Wildman–Crippen LogP) is 0.478. The largest absolute Gasteiger partial charge is 0.374 e. The molecular formula is C17H25N3O3. The summed E-state index contributed by atoms with van der Waals surface area (Å²) in [6.07, 6.45) is 2.80. The number of fused-ring (bicyclic) bond motifs is 1. The van der Waals surface area contributed by atoms with Crippen molar-refractivity contribution in [3.63, 3.8) is 0 Å². The fourth-order valence-corrected chi connectivity index (χ4v) is 3.51. The third-order valence-electron chi connectivity index (χ3n) is 4.89. The van der Waals surface area contributed by atoms with Crippen molar-refractivity contribution in [2.75, 3.05) is 32.8 Å². The van der Waals surface area contributed by atoms with Gasteiger partial charge in [-0.05, 0) is 31.5 Å². The molecule has 0 saturated carbocycles. The summed E-state index contributed by atoms with van der Waals surface area (Å²) in [6.45, 7) is 8.19. The summed E-state index contributed by atoms with van der Waals surface area (Å²) >= 11 is 0. The van der Waals surface area contributed by atoms with Gasteiger partial charge >= 0.3 is 0 Å². The Morgan fingerprint density at radius 2 is 2.22 bits per heavy atom. The molecule has 2 fully saturated rings. The molecule has 2 aliphatic rings. The van der Waals surface area contributed by atoms with E-state index in [1.54, 1.807) is 12.3 Å². The number of piperidine rings is 1. The van der Waals surface area contributed by atoms with Crippen molar-refractivity contribution >= 4 is 5.91 Å². The van der Waals surface area contributed by atoms with Crippen LogP contribution in [0.2, 0.25) is 0 Å². The summed E-state index contributed by atoms with van der Waals surface area (Å²) in [5.41, 5.74) is 0.790. The van der Waals surface area contributed by atoms with Crippen LogP contribution in [-0.4, -0.2) is 65.2 Å². The first-order valence-corrected chi connectivity index (χ1v) is 8.39. The molecule has 0 aromatic carbocycles. The van der Waals surface area contributed by atoms with Crippen LogP contribution in [0.25, 0.3) is 0 Å². The van der Waals surface area contributed by atoms with Gasteiger partial charge in [0.1, 0.15) is 6.54 Å². The zero-order chi connectivity index (χ0) is 16.4. The molecule has 0 radical (unpaired) electrons. The number of carbonyl (C=O) groups is 1. The number of aromatic nitrogens is 1. The first kappa shape index (κ1) is 16.2. The van der Waals surface area contributed by atoms with Crippen LogP contribution in [0.4, 0.5) is 0 Å². The monoisotopic (exact) mass is 319 g/mol. The highest BCUT2D eigenvalue weighted by Gasteiger charge is 2.38. The molecule has 0 bridgehead atoms. The number of morpholine rings is 1. The molecule has 6 nitrogen and oxygen atoms in total. The first-order valence-electron chi connectivity index (χ1n) is 8.39. The van der Waals surface area contributed by atoms with Gasteiger partial charge in [0.15, 0.2) is 0 Å². The molecule has 0 unspecified atom stereocenters. The average molecular weight is 319 g/mol. The number of nitrogens with zero attached hydrogens (tertiary/aromatic N) is 3. The number of rotatable bonds is 3. The minimum absolute atomic E-state index is 0.00667. The van der Waals surface area contributed by atoms with Gasteiger partial charge in [0.25, 0.3) is 5.56 Å². The van der Waals surface area contributed by atoms with Crippen LogP contribution in [0.5, 0.6) is 0 Å². The second-order valence-corrected chi connectivity index (χ2v) is 6.42. The topological polar surface area (TPSA) is 54.8 Å². The molecule has 0 N–H and O–H groups in total. The molecule has 1 aromatic heterocycles. The number of likely N-dealkylation sites (N-methyl/N-ethyl adjacent to an activating group) is 1. The van der Waals surface area contributed by atoms with E-state index in [2.05, 4.69) is 11.8 Å². The van der Waals surface area contributed by atoms with Gasteiger partial charge in [-0.1, -0.05) is 6.92 Å². The van der Waals surface area contributed by atoms with E-state index in [9.17, 15) is 9.59 Å². The van der Waals surface area contributed by atoms with E-state index in [0.29, 0.717) is 13.2 Å². The number of amides is 1. The van der Waals surface area contributed by atoms with Crippen molar-refractivity contribution in [1.29, 1.82) is 0 Å². The Hall–Kier alpha value is -1.66. The molecule has 3 heterocycles. The highest BCUT2D eigenvalue weighted by atomic mass is 16.5. The van der Waals surface area contributed by atoms with Crippen LogP contribution < -0.4 is 5.56 Å². The lowest BCUT2D eigenvalue weighted by molar-refractivity contribution is -0.153. The lowest BCUT2D eigenvalue weighted by Crippen LogP contribution is -2.61. The van der Waals surface area contributed by atoms with Crippen molar-refractivity contribution in [3.8, 4) is 0 Å². The van der Waals surface area contributed by atoms with Crippen molar-refractivity contribution in [2.45, 2.75) is 39.0 Å². The van der Waals surface area contributed by atoms with Crippen LogP contribution in [0.3, 0.4) is 0 Å². The molecule has 1 amide bonds. The summed E-state index contributed by atoms with van der Waals surface area (Å²) < 4.78 is 7.34. The fourth-order valence-electron chi connectivity index (χ4n) is 3.51. The van der Waals surface area contributed by atoms with Crippen LogP contribution in [0.1, 0.15) is 18.9 Å². The van der Waals surface area contributed by atoms with Crippen molar-refractivity contribution in [3.05, 3.63) is 34.2 Å². The smallest absolute Gasteiger partial charge is 0.251 e. The molecule has 0 aliphatic carbocycles. The Labute approximate surface area is 136 Å². The van der Waals surface area contributed by atoms with Crippen LogP contribution >= 0.6 is 0 Å². The molecule has 126 valence electrons. The normalized spacial score (nSPS) is 25.2. The number of likely N-dealkylation sites (tertiary alicyclic amines) is 1. The molecule has 3 rings (SSSR count). The van der Waals surface area contributed by atoms with Crippen LogP contribution in [0.15, 0.2) is 23.1 Å². The van der Waals surface area contributed by atoms with E-state index >= 15 is 0 Å². The summed E-state index contributed by atoms with van der Waals surface area (Å²) in [4.78, 5) is 29.0. The van der Waals surface area contributed by atoms with Crippen molar-refractivity contribution in [1.82, 2.24) is 14.4 Å². The fraction of sp³-hybridized carbons (Fsp3) is 0.647. The van der Waals surface area contributed by atoms with Crippen molar-refractivity contribution in [2.24, 2.45) is 0 Å². The van der Waals surface area contributed by atoms with E-state index < -0.39 is 0 Å². The van der Waals surface area contributed by atoms with E-state index in [-0.39, 0.29) is 30.2 Å². The molecule has 2 aliphatic heterocycles. The molecule has 1 aromatic rings. The lowest BCUT2D eigenvalue weighted by Gasteiger charge is -2.47. The van der Waals surface area contributed by atoms with Gasteiger partial charge in [-0.15, -0.1) is 0 Å². The Morgan fingerprint density at radius 1 is 1.39 bits per heavy atom. The predicted molar refractivity (Wildman–Crippen MR) is 87.4 cm³/mol. The van der Waals surface area contributed by atoms with Crippen molar-refractivity contribution < 1.29 is 9.53 Å². The molecule has 0 spiro atoms. The van der Waals surface area contributed by atoms with Gasteiger partial charge in [0.2, 0.25) is 5.91 Å². The Kier molecular flexibility index (Phi) is 4.82. The third kappa shape index (κ3) is 3.48. The summed E-state index contributed by atoms with van der Waals surface area (Å²) in [7, 11) is 0. The Balaban J connectivity index is 1.73. The minimum Gasteiger partial charge on any atom is -0.374 e. The second-order valence-electron chi connectivity index (χ2n) is 6.42. The Bertz CT molecular complexity index is 628. The maximum absolute atomic E-state index is 12.7. The van der Waals surface area contributed by atoms with Gasteiger partial charge in [0, 0.05) is 31.9 Å². The SMILES string of the molecule is CCN1CC[C@H]2OCCN(C(=O)Cn3ccc(C)cc3=O)[C@H]2C1. The number of pyridine rings is 1. The molecule has 2 atom stereocenters. The first-order chi connectivity index (χ1) is 11.1. The average Bonchev–Trinajstić information content (AvgIpc) is 2.56. The standard InChI is InChI=1S/C17H25N3O3/c1-3-18-6-5-15-14(11-18)20(8-9-23-15)17(22)12-19-7-4-13(2)10-16(19)21/h4,7,10,14-15H,3,5-6,8-9,11-12H2,1-2H3/t14-,15+/m0/s1. The number of aryl methyl sites for hydroxylation is 1. The van der Waals surface area contributed by atoms with E-state index in [1.165, 1.54) is 4.57 Å². The van der Waals surface area contributed by atoms with Crippen LogP contribution in [0, 0.1) is 6.92 Å². The van der Waals surface area contributed by atoms with Gasteiger partial charge in [-0.25, -0.2) is 0 Å². The molecular weight excluding hydrogens is 294 g/mol. The zero-order valence-electron chi connectivity index (χ0n) is 13.9. The highest BCUT2D eigenvalue weighted by molar-refractivity contribution is 5.76. The molecule has 6 heteroatoms. The molecule has 2 saturated heterocycles. The summed E-state index contributed by atoms with van der Waals surface area (Å²) in [5.74, 6) is 0.00667. The summed E-state index contributed by atoms with van der Waals surface area (Å²) in [6, 6.07) is 3.52. The molecule has 23 heavy (non-hydrogen) atoms. The number of hydrogen-bond acceptors (Lipinski definition) is 4. The second kappa shape index (κ2) is 6.84. The van der Waals surface area contributed by atoms with Gasteiger partial charge in [-0.3, -0.25) is 9.59 Å². The van der Waals surface area contributed by atoms with Gasteiger partial charge in [0.05, 0.1) is 18.8 Å². The van der Waals surface area contributed by atoms with E-state index in [1.807, 2.05) is 17.9 Å². The van der Waals surface area contributed by atoms with E-state index in [0.717, 1.165) is 31.6 Å².